The van der Waals surface area contributed by atoms with Crippen LogP contribution in [0.5, 0.6) is 0 Å². The van der Waals surface area contributed by atoms with Crippen LogP contribution < -0.4 is 5.32 Å². The molecule has 1 aromatic heterocycles. The van der Waals surface area contributed by atoms with Gasteiger partial charge in [-0.3, -0.25) is 4.79 Å². The molecule has 3 nitrogen and oxygen atoms in total. The van der Waals surface area contributed by atoms with Crippen molar-refractivity contribution in [2.24, 2.45) is 0 Å². The van der Waals surface area contributed by atoms with Crippen LogP contribution in [0.4, 0.5) is 4.39 Å². The molecular formula is C22H20FNO2S. The minimum Gasteiger partial charge on any atom is -0.387 e. The fraction of sp³-hybridized carbons (Fsp3) is 0.227. The van der Waals surface area contributed by atoms with Crippen molar-refractivity contribution in [1.82, 2.24) is 5.32 Å². The van der Waals surface area contributed by atoms with E-state index < -0.39 is 11.5 Å². The van der Waals surface area contributed by atoms with Gasteiger partial charge in [-0.05, 0) is 64.1 Å². The second-order valence-corrected chi connectivity index (χ2v) is 7.73. The molecule has 0 unspecified atom stereocenters. The number of carbonyl (C=O) groups excluding carboxylic acids is 1. The van der Waals surface area contributed by atoms with Crippen LogP contribution >= 0.6 is 11.3 Å². The average Bonchev–Trinajstić information content (AvgIpc) is 3.32. The number of benzene rings is 2. The van der Waals surface area contributed by atoms with Crippen molar-refractivity contribution in [3.8, 4) is 11.1 Å². The summed E-state index contributed by atoms with van der Waals surface area (Å²) in [5, 5.41) is 17.4. The largest absolute Gasteiger partial charge is 0.387 e. The van der Waals surface area contributed by atoms with Gasteiger partial charge in [0.05, 0.1) is 11.5 Å². The van der Waals surface area contributed by atoms with Gasteiger partial charge in [0.2, 0.25) is 5.91 Å². The van der Waals surface area contributed by atoms with Gasteiger partial charge in [0.15, 0.2) is 0 Å². The number of hydrogen-bond donors (Lipinski definition) is 2. The van der Waals surface area contributed by atoms with Gasteiger partial charge < -0.3 is 10.4 Å². The maximum absolute atomic E-state index is 13.1. The van der Waals surface area contributed by atoms with E-state index in [1.165, 1.54) is 12.1 Å². The number of aliphatic hydroxyl groups is 1. The Hall–Kier alpha value is -2.50. The topological polar surface area (TPSA) is 49.3 Å². The molecule has 5 heteroatoms. The highest BCUT2D eigenvalue weighted by atomic mass is 32.1. The molecule has 1 amide bonds. The number of aliphatic hydroxyl groups excluding tert-OH is 1. The Morgan fingerprint density at radius 3 is 2.37 bits per heavy atom. The molecule has 0 bridgehead atoms. The van der Waals surface area contributed by atoms with Crippen molar-refractivity contribution in [3.05, 3.63) is 82.3 Å². The Morgan fingerprint density at radius 2 is 1.78 bits per heavy atom. The zero-order valence-electron chi connectivity index (χ0n) is 14.7. The zero-order valence-corrected chi connectivity index (χ0v) is 15.5. The SMILES string of the molecule is O=C(NC[C@H](O)c1ccc(-c2ccsc2)cc1)C1(c2ccc(F)cc2)CC1. The van der Waals surface area contributed by atoms with Gasteiger partial charge in [-0.15, -0.1) is 0 Å². The second-order valence-electron chi connectivity index (χ2n) is 6.95. The van der Waals surface area contributed by atoms with Gasteiger partial charge in [-0.1, -0.05) is 36.4 Å². The van der Waals surface area contributed by atoms with Crippen molar-refractivity contribution in [2.75, 3.05) is 6.54 Å². The maximum Gasteiger partial charge on any atom is 0.230 e. The van der Waals surface area contributed by atoms with E-state index in [2.05, 4.69) is 16.8 Å². The first kappa shape index (κ1) is 17.9. The van der Waals surface area contributed by atoms with Crippen LogP contribution in [0, 0.1) is 5.82 Å². The van der Waals surface area contributed by atoms with E-state index >= 15 is 0 Å². The molecule has 2 aromatic carbocycles. The van der Waals surface area contributed by atoms with E-state index in [0.29, 0.717) is 0 Å². The van der Waals surface area contributed by atoms with Crippen molar-refractivity contribution in [2.45, 2.75) is 24.4 Å². The van der Waals surface area contributed by atoms with Crippen LogP contribution in [-0.2, 0) is 10.2 Å². The number of rotatable bonds is 6. The quantitative estimate of drug-likeness (QED) is 0.663. The molecule has 0 saturated heterocycles. The van der Waals surface area contributed by atoms with Crippen LogP contribution in [0.3, 0.4) is 0 Å². The van der Waals surface area contributed by atoms with Gasteiger partial charge in [0, 0.05) is 6.54 Å². The number of nitrogens with one attached hydrogen (secondary N) is 1. The first-order valence-corrected chi connectivity index (χ1v) is 9.88. The zero-order chi connectivity index (χ0) is 18.9. The Kier molecular flexibility index (Phi) is 4.81. The molecular weight excluding hydrogens is 361 g/mol. The summed E-state index contributed by atoms with van der Waals surface area (Å²) in [7, 11) is 0. The molecule has 0 aliphatic heterocycles. The minimum absolute atomic E-state index is 0.108. The molecule has 4 rings (SSSR count). The first-order chi connectivity index (χ1) is 13.1. The molecule has 3 aromatic rings. The molecule has 1 heterocycles. The van der Waals surface area contributed by atoms with E-state index in [1.807, 2.05) is 29.6 Å². The van der Waals surface area contributed by atoms with Crippen molar-refractivity contribution in [3.63, 3.8) is 0 Å². The lowest BCUT2D eigenvalue weighted by molar-refractivity contribution is -0.124. The molecule has 0 spiro atoms. The van der Waals surface area contributed by atoms with Gasteiger partial charge in [0.25, 0.3) is 0 Å². The maximum atomic E-state index is 13.1. The van der Waals surface area contributed by atoms with Crippen molar-refractivity contribution >= 4 is 17.2 Å². The van der Waals surface area contributed by atoms with Crippen LogP contribution in [-0.4, -0.2) is 17.6 Å². The summed E-state index contributed by atoms with van der Waals surface area (Å²) in [6.45, 7) is 0.152. The van der Waals surface area contributed by atoms with Crippen molar-refractivity contribution < 1.29 is 14.3 Å². The summed E-state index contributed by atoms with van der Waals surface area (Å²) >= 11 is 1.65. The number of carbonyl (C=O) groups is 1. The summed E-state index contributed by atoms with van der Waals surface area (Å²) in [5.41, 5.74) is 3.28. The highest BCUT2D eigenvalue weighted by molar-refractivity contribution is 7.08. The molecule has 1 aliphatic rings. The molecule has 1 aliphatic carbocycles. The normalized spacial score (nSPS) is 15.9. The van der Waals surface area contributed by atoms with Crippen LogP contribution in [0.1, 0.15) is 30.1 Å². The predicted molar refractivity (Wildman–Crippen MR) is 105 cm³/mol. The Labute approximate surface area is 161 Å². The Bertz CT molecular complexity index is 916. The highest BCUT2D eigenvalue weighted by Gasteiger charge is 2.51. The van der Waals surface area contributed by atoms with E-state index in [1.54, 1.807) is 23.5 Å². The minimum atomic E-state index is -0.769. The van der Waals surface area contributed by atoms with E-state index in [0.717, 1.165) is 35.1 Å². The lowest BCUT2D eigenvalue weighted by atomic mass is 9.95. The number of amides is 1. The molecule has 1 fully saturated rings. The average molecular weight is 381 g/mol. The van der Waals surface area contributed by atoms with Gasteiger partial charge in [-0.25, -0.2) is 4.39 Å². The molecule has 0 radical (unpaired) electrons. The van der Waals surface area contributed by atoms with Gasteiger partial charge in [-0.2, -0.15) is 11.3 Å². The summed E-state index contributed by atoms with van der Waals surface area (Å²) < 4.78 is 13.1. The summed E-state index contributed by atoms with van der Waals surface area (Å²) in [4.78, 5) is 12.6. The monoisotopic (exact) mass is 381 g/mol. The highest BCUT2D eigenvalue weighted by Crippen LogP contribution is 2.48. The summed E-state index contributed by atoms with van der Waals surface area (Å²) in [6, 6.07) is 15.9. The molecule has 1 atom stereocenters. The predicted octanol–water partition coefficient (Wildman–Crippen LogP) is 4.44. The fourth-order valence-corrected chi connectivity index (χ4v) is 4.01. The van der Waals surface area contributed by atoms with E-state index in [-0.39, 0.29) is 18.3 Å². The van der Waals surface area contributed by atoms with Crippen LogP contribution in [0.15, 0.2) is 65.4 Å². The van der Waals surface area contributed by atoms with Crippen LogP contribution in [0.25, 0.3) is 11.1 Å². The second kappa shape index (κ2) is 7.25. The first-order valence-electron chi connectivity index (χ1n) is 8.93. The molecule has 2 N–H and O–H groups in total. The molecule has 1 saturated carbocycles. The molecule has 27 heavy (non-hydrogen) atoms. The standard InChI is InChI=1S/C22H20FNO2S/c23-19-7-5-18(6-8-19)22(10-11-22)21(26)24-13-20(25)16-3-1-15(2-4-16)17-9-12-27-14-17/h1-9,12,14,20,25H,10-11,13H2,(H,24,26)/t20-/m0/s1. The van der Waals surface area contributed by atoms with Crippen molar-refractivity contribution in [1.29, 1.82) is 0 Å². The Morgan fingerprint density at radius 1 is 1.07 bits per heavy atom. The third kappa shape index (κ3) is 3.66. The number of thiophene rings is 1. The van der Waals surface area contributed by atoms with Gasteiger partial charge in [0.1, 0.15) is 5.82 Å². The molecule has 138 valence electrons. The third-order valence-electron chi connectivity index (χ3n) is 5.19. The number of hydrogen-bond acceptors (Lipinski definition) is 3. The third-order valence-corrected chi connectivity index (χ3v) is 5.87. The number of halogens is 1. The van der Waals surface area contributed by atoms with Gasteiger partial charge >= 0.3 is 0 Å². The Balaban J connectivity index is 1.38. The fourth-order valence-electron chi connectivity index (χ4n) is 3.34. The summed E-state index contributed by atoms with van der Waals surface area (Å²) in [5.74, 6) is -0.417. The lowest BCUT2D eigenvalue weighted by Gasteiger charge is -2.18. The van der Waals surface area contributed by atoms with Crippen LogP contribution in [0.2, 0.25) is 0 Å². The smallest absolute Gasteiger partial charge is 0.230 e. The lowest BCUT2D eigenvalue weighted by Crippen LogP contribution is -2.37. The van der Waals surface area contributed by atoms with E-state index in [9.17, 15) is 14.3 Å². The summed E-state index contributed by atoms with van der Waals surface area (Å²) in [6.07, 6.45) is 0.723. The van der Waals surface area contributed by atoms with E-state index in [4.69, 9.17) is 0 Å².